The van der Waals surface area contributed by atoms with Gasteiger partial charge < -0.3 is 9.30 Å². The van der Waals surface area contributed by atoms with Crippen LogP contribution in [0, 0.1) is 18.3 Å². The molecule has 0 saturated heterocycles. The molecule has 0 fully saturated rings. The number of methoxy groups -OCH3 is 1. The second-order valence-electron chi connectivity index (χ2n) is 5.61. The summed E-state index contributed by atoms with van der Waals surface area (Å²) in [6, 6.07) is 22.0. The molecule has 0 aliphatic carbocycles. The molecule has 0 atom stereocenters. The smallest absolute Gasteiger partial charge is 0.119 e. The lowest BCUT2D eigenvalue weighted by Gasteiger charge is -2.11. The summed E-state index contributed by atoms with van der Waals surface area (Å²) in [6.45, 7) is 2.05. The molecule has 0 aliphatic heterocycles. The Bertz CT molecular complexity index is 945. The number of nitriles is 1. The molecule has 3 aromatic rings. The number of rotatable bonds is 4. The lowest BCUT2D eigenvalue weighted by molar-refractivity contribution is 0.414. The molecule has 4 heteroatoms. The molecule has 0 N–H and O–H groups in total. The summed E-state index contributed by atoms with van der Waals surface area (Å²) < 4.78 is 8.34. The fourth-order valence-electron chi connectivity index (χ4n) is 2.71. The Labute approximate surface area is 155 Å². The largest absolute Gasteiger partial charge is 0.497 e. The zero-order valence-electron chi connectivity index (χ0n) is 14.0. The predicted octanol–water partition coefficient (Wildman–Crippen LogP) is 5.62. The number of hydrogen-bond donors (Lipinski definition) is 0. The number of halogens is 1. The summed E-state index contributed by atoms with van der Waals surface area (Å²) in [6.07, 6.45) is 1.92. The lowest BCUT2D eigenvalue weighted by atomic mass is 10.1. The Balaban J connectivity index is 2.05. The van der Waals surface area contributed by atoms with Gasteiger partial charge in [0.15, 0.2) is 0 Å². The third kappa shape index (κ3) is 3.67. The normalized spacial score (nSPS) is 11.2. The van der Waals surface area contributed by atoms with Crippen molar-refractivity contribution in [1.82, 2.24) is 4.57 Å². The molecular weight excluding hydrogens is 376 g/mol. The molecule has 3 nitrogen and oxygen atoms in total. The SMILES string of the molecule is COc1ccc(-n2c(C)ccc2/C=C(/C#N)c2ccc(Br)cc2)cc1. The van der Waals surface area contributed by atoms with Gasteiger partial charge in [-0.15, -0.1) is 0 Å². The zero-order valence-corrected chi connectivity index (χ0v) is 15.6. The standard InChI is InChI=1S/C21H17BrN2O/c1-15-3-8-20(24(15)19-9-11-21(25-2)12-10-19)13-17(14-23)16-4-6-18(22)7-5-16/h3-13H,1-2H3/b17-13-. The van der Waals surface area contributed by atoms with Crippen molar-refractivity contribution in [3.8, 4) is 17.5 Å². The van der Waals surface area contributed by atoms with Crippen LogP contribution in [0.25, 0.3) is 17.3 Å². The maximum absolute atomic E-state index is 9.59. The predicted molar refractivity (Wildman–Crippen MR) is 105 cm³/mol. The van der Waals surface area contributed by atoms with Gasteiger partial charge in [0.2, 0.25) is 0 Å². The first-order chi connectivity index (χ1) is 12.1. The van der Waals surface area contributed by atoms with E-state index in [0.29, 0.717) is 5.57 Å². The molecular formula is C21H17BrN2O. The minimum Gasteiger partial charge on any atom is -0.497 e. The minimum atomic E-state index is 0.625. The van der Waals surface area contributed by atoms with Crippen molar-refractivity contribution in [1.29, 1.82) is 5.26 Å². The maximum Gasteiger partial charge on any atom is 0.119 e. The van der Waals surface area contributed by atoms with Crippen LogP contribution >= 0.6 is 15.9 Å². The summed E-state index contributed by atoms with van der Waals surface area (Å²) >= 11 is 3.42. The van der Waals surface area contributed by atoms with Crippen LogP contribution in [0.4, 0.5) is 0 Å². The van der Waals surface area contributed by atoms with E-state index in [0.717, 1.165) is 32.9 Å². The first-order valence-electron chi connectivity index (χ1n) is 7.83. The molecule has 3 rings (SSSR count). The van der Waals surface area contributed by atoms with E-state index in [1.54, 1.807) is 7.11 Å². The van der Waals surface area contributed by atoms with Gasteiger partial charge >= 0.3 is 0 Å². The molecule has 25 heavy (non-hydrogen) atoms. The summed E-state index contributed by atoms with van der Waals surface area (Å²) in [7, 11) is 1.65. The van der Waals surface area contributed by atoms with E-state index >= 15 is 0 Å². The van der Waals surface area contributed by atoms with E-state index in [1.165, 1.54) is 0 Å². The molecule has 0 bridgehead atoms. The van der Waals surface area contributed by atoms with Crippen molar-refractivity contribution in [3.05, 3.63) is 82.1 Å². The van der Waals surface area contributed by atoms with Crippen LogP contribution in [0.3, 0.4) is 0 Å². The molecule has 0 spiro atoms. The van der Waals surface area contributed by atoms with Gasteiger partial charge in [-0.25, -0.2) is 0 Å². The third-order valence-corrected chi connectivity index (χ3v) is 4.53. The molecule has 0 unspecified atom stereocenters. The van der Waals surface area contributed by atoms with Gasteiger partial charge in [0.1, 0.15) is 5.75 Å². The summed E-state index contributed by atoms with van der Waals surface area (Å²) in [5.74, 6) is 0.818. The Morgan fingerprint density at radius 3 is 2.32 bits per heavy atom. The monoisotopic (exact) mass is 392 g/mol. The van der Waals surface area contributed by atoms with E-state index in [4.69, 9.17) is 4.74 Å². The first-order valence-corrected chi connectivity index (χ1v) is 8.62. The molecule has 1 aromatic heterocycles. The first kappa shape index (κ1) is 17.1. The number of benzene rings is 2. The number of aryl methyl sites for hydroxylation is 1. The number of hydrogen-bond acceptors (Lipinski definition) is 2. The summed E-state index contributed by atoms with van der Waals surface area (Å²) in [5, 5.41) is 9.59. The van der Waals surface area contributed by atoms with Gasteiger partial charge in [-0.2, -0.15) is 5.26 Å². The molecule has 0 radical (unpaired) electrons. The Kier molecular flexibility index (Phi) is 5.06. The van der Waals surface area contributed by atoms with Gasteiger partial charge in [-0.1, -0.05) is 28.1 Å². The Hall–Kier alpha value is -2.77. The van der Waals surface area contributed by atoms with Crippen molar-refractivity contribution in [2.45, 2.75) is 6.92 Å². The molecule has 124 valence electrons. The third-order valence-electron chi connectivity index (χ3n) is 4.00. The highest BCUT2D eigenvalue weighted by atomic mass is 79.9. The van der Waals surface area contributed by atoms with Gasteiger partial charge in [0.05, 0.1) is 18.8 Å². The second-order valence-corrected chi connectivity index (χ2v) is 6.53. The van der Waals surface area contributed by atoms with Gasteiger partial charge in [0, 0.05) is 21.5 Å². The maximum atomic E-state index is 9.59. The molecule has 2 aromatic carbocycles. The molecule has 0 amide bonds. The number of aromatic nitrogens is 1. The fourth-order valence-corrected chi connectivity index (χ4v) is 2.98. The number of allylic oxidation sites excluding steroid dienone is 1. The summed E-state index contributed by atoms with van der Waals surface area (Å²) in [5.41, 5.74) is 4.61. The highest BCUT2D eigenvalue weighted by Gasteiger charge is 2.08. The number of ether oxygens (including phenoxy) is 1. The van der Waals surface area contributed by atoms with E-state index in [-0.39, 0.29) is 0 Å². The molecule has 1 heterocycles. The van der Waals surface area contributed by atoms with Crippen molar-refractivity contribution >= 4 is 27.6 Å². The minimum absolute atomic E-state index is 0.625. The fraction of sp³-hybridized carbons (Fsp3) is 0.0952. The van der Waals surface area contributed by atoms with Crippen molar-refractivity contribution in [2.75, 3.05) is 7.11 Å². The highest BCUT2D eigenvalue weighted by molar-refractivity contribution is 9.10. The second kappa shape index (κ2) is 7.42. The number of nitrogens with zero attached hydrogens (tertiary/aromatic N) is 2. The van der Waals surface area contributed by atoms with Crippen LogP contribution in [0.5, 0.6) is 5.75 Å². The van der Waals surface area contributed by atoms with Crippen LogP contribution in [0.1, 0.15) is 17.0 Å². The van der Waals surface area contributed by atoms with Crippen molar-refractivity contribution in [3.63, 3.8) is 0 Å². The summed E-state index contributed by atoms with van der Waals surface area (Å²) in [4.78, 5) is 0. The van der Waals surface area contributed by atoms with Gasteiger partial charge in [0.25, 0.3) is 0 Å². The average Bonchev–Trinajstić information content (AvgIpc) is 3.01. The van der Waals surface area contributed by atoms with Crippen molar-refractivity contribution in [2.24, 2.45) is 0 Å². The van der Waals surface area contributed by atoms with E-state index in [9.17, 15) is 5.26 Å². The topological polar surface area (TPSA) is 38.0 Å². The Morgan fingerprint density at radius 1 is 1.04 bits per heavy atom. The lowest BCUT2D eigenvalue weighted by Crippen LogP contribution is -1.99. The van der Waals surface area contributed by atoms with Crippen LogP contribution in [0.15, 0.2) is 65.1 Å². The van der Waals surface area contributed by atoms with Crippen LogP contribution < -0.4 is 4.74 Å². The average molecular weight is 393 g/mol. The quantitative estimate of drug-likeness (QED) is 0.540. The van der Waals surface area contributed by atoms with Crippen molar-refractivity contribution < 1.29 is 4.74 Å². The van der Waals surface area contributed by atoms with Crippen LogP contribution in [-0.2, 0) is 0 Å². The highest BCUT2D eigenvalue weighted by Crippen LogP contribution is 2.24. The van der Waals surface area contributed by atoms with Crippen LogP contribution in [-0.4, -0.2) is 11.7 Å². The zero-order chi connectivity index (χ0) is 17.8. The van der Waals surface area contributed by atoms with E-state index in [2.05, 4.69) is 26.6 Å². The van der Waals surface area contributed by atoms with Gasteiger partial charge in [-0.3, -0.25) is 0 Å². The molecule has 0 saturated carbocycles. The molecule has 0 aliphatic rings. The van der Waals surface area contributed by atoms with E-state index < -0.39 is 0 Å². The van der Waals surface area contributed by atoms with Crippen LogP contribution in [0.2, 0.25) is 0 Å². The Morgan fingerprint density at radius 2 is 1.72 bits per heavy atom. The van der Waals surface area contributed by atoms with E-state index in [1.807, 2.05) is 73.7 Å². The van der Waals surface area contributed by atoms with Gasteiger partial charge in [-0.05, 0) is 67.1 Å².